The minimum absolute atomic E-state index is 0.123. The molecule has 19 heteroatoms. The van der Waals surface area contributed by atoms with Crippen molar-refractivity contribution in [3.8, 4) is 0 Å². The second kappa shape index (κ2) is 20.0. The van der Waals surface area contributed by atoms with Crippen LogP contribution in [0.1, 0.15) is 118 Å². The number of nitrogens with zero attached hydrogens (tertiary/aromatic N) is 3. The zero-order valence-electron chi connectivity index (χ0n) is 40.1. The van der Waals surface area contributed by atoms with Crippen LogP contribution < -0.4 is 32.1 Å². The first-order valence-corrected chi connectivity index (χ1v) is 26.2. The number of imide groups is 1. The Balaban J connectivity index is 0.952. The molecule has 2 fully saturated rings. The highest BCUT2D eigenvalue weighted by Gasteiger charge is 2.47. The lowest BCUT2D eigenvalue weighted by Crippen LogP contribution is -2.52. The Kier molecular flexibility index (Phi) is 14.3. The Labute approximate surface area is 402 Å². The molecule has 0 radical (unpaired) electrons. The first kappa shape index (κ1) is 49.2. The fraction of sp³-hybridized carbons (Fsp3) is 0.540. The maximum Gasteiger partial charge on any atom is 0.407 e. The van der Waals surface area contributed by atoms with E-state index in [-0.39, 0.29) is 53.9 Å². The van der Waals surface area contributed by atoms with Crippen molar-refractivity contribution in [1.82, 2.24) is 41.0 Å². The van der Waals surface area contributed by atoms with Gasteiger partial charge >= 0.3 is 6.09 Å². The van der Waals surface area contributed by atoms with E-state index in [0.717, 1.165) is 62.3 Å². The minimum atomic E-state index is -3.75. The predicted octanol–water partition coefficient (Wildman–Crippen LogP) is 2.96. The van der Waals surface area contributed by atoms with Crippen LogP contribution in [-0.2, 0) is 53.8 Å². The smallest absolute Gasteiger partial charge is 0.407 e. The van der Waals surface area contributed by atoms with Gasteiger partial charge in [-0.25, -0.2) is 13.2 Å². The van der Waals surface area contributed by atoms with Gasteiger partial charge in [0.2, 0.25) is 17.7 Å². The lowest BCUT2D eigenvalue weighted by Gasteiger charge is -2.36. The number of hydrogen-bond acceptors (Lipinski definition) is 12. The van der Waals surface area contributed by atoms with Crippen LogP contribution in [0.15, 0.2) is 58.2 Å². The molecule has 18 nitrogen and oxygen atoms in total. The lowest BCUT2D eigenvalue weighted by molar-refractivity contribution is -0.137. The van der Waals surface area contributed by atoms with Gasteiger partial charge in [-0.05, 0) is 99.6 Å². The third-order valence-corrected chi connectivity index (χ3v) is 14.4. The number of piperidine rings is 1. The number of rotatable bonds is 18. The normalized spacial score (nSPS) is 20.9. The van der Waals surface area contributed by atoms with Gasteiger partial charge in [-0.2, -0.15) is 0 Å². The number of alkyl carbamates (subject to hydrolysis) is 1. The summed E-state index contributed by atoms with van der Waals surface area (Å²) in [6.45, 7) is 6.86. The summed E-state index contributed by atoms with van der Waals surface area (Å²) in [6.07, 6.45) is 11.8. The Morgan fingerprint density at radius 3 is 2.35 bits per heavy atom. The molecule has 5 heterocycles. The number of unbranched alkanes of at least 4 members (excludes halogenated alkanes) is 4. The fourth-order valence-electron chi connectivity index (χ4n) is 10.1. The molecular weight excluding hydrogens is 905 g/mol. The lowest BCUT2D eigenvalue weighted by atomic mass is 9.86. The zero-order chi connectivity index (χ0) is 49.4. The number of amides is 6. The topological polar surface area (TPSA) is 234 Å². The number of fused-ring (bicyclic) bond motifs is 3. The SMILES string of the molecule is Cn1ccc2c(c1=O)C1=C3C(=CN(CC4CC4)C3CC(C(=O)NCCNC(=O)OC(C)(C)C)N1)C(C(=O)NCCCCCCCc1cccc3c1CN(C1CCC(=O)NC1=O)C3=O)=C2CS(C)(=O)=O. The van der Waals surface area contributed by atoms with Gasteiger partial charge < -0.3 is 40.4 Å². The first-order valence-electron chi connectivity index (χ1n) is 24.2. The van der Waals surface area contributed by atoms with Crippen molar-refractivity contribution in [2.45, 2.75) is 122 Å². The summed E-state index contributed by atoms with van der Waals surface area (Å²) in [4.78, 5) is 96.4. The summed E-state index contributed by atoms with van der Waals surface area (Å²) in [5.41, 5.74) is 4.06. The van der Waals surface area contributed by atoms with Gasteiger partial charge in [-0.15, -0.1) is 0 Å². The number of benzene rings is 1. The molecule has 1 aromatic heterocycles. The van der Waals surface area contributed by atoms with Crippen LogP contribution >= 0.6 is 0 Å². The number of sulfone groups is 1. The van der Waals surface area contributed by atoms with Crippen LogP contribution in [0.2, 0.25) is 0 Å². The maximum absolute atomic E-state index is 14.7. The van der Waals surface area contributed by atoms with E-state index in [1.807, 2.05) is 18.3 Å². The molecule has 6 amide bonds. The summed E-state index contributed by atoms with van der Waals surface area (Å²) in [5, 5.41) is 14.4. The molecule has 2 aromatic rings. The summed E-state index contributed by atoms with van der Waals surface area (Å²) in [7, 11) is -2.15. The first-order chi connectivity index (χ1) is 32.8. The molecule has 4 aliphatic heterocycles. The fourth-order valence-corrected chi connectivity index (χ4v) is 11.0. The Morgan fingerprint density at radius 1 is 0.884 bits per heavy atom. The van der Waals surface area contributed by atoms with Crippen molar-refractivity contribution in [3.63, 3.8) is 0 Å². The molecule has 0 bridgehead atoms. The number of nitrogens with one attached hydrogen (secondary N) is 5. The molecule has 0 spiro atoms. The Morgan fingerprint density at radius 2 is 1.62 bits per heavy atom. The van der Waals surface area contributed by atoms with Crippen molar-refractivity contribution in [2.75, 3.05) is 38.2 Å². The third-order valence-electron chi connectivity index (χ3n) is 13.6. The molecule has 1 aromatic carbocycles. The van der Waals surface area contributed by atoms with E-state index in [1.54, 1.807) is 51.0 Å². The summed E-state index contributed by atoms with van der Waals surface area (Å²) < 4.78 is 33.2. The van der Waals surface area contributed by atoms with Crippen molar-refractivity contribution in [2.24, 2.45) is 13.0 Å². The minimum Gasteiger partial charge on any atom is -0.444 e. The quantitative estimate of drug-likeness (QED) is 0.107. The molecule has 2 aliphatic carbocycles. The molecule has 6 aliphatic rings. The molecule has 3 atom stereocenters. The predicted molar refractivity (Wildman–Crippen MR) is 258 cm³/mol. The Hall–Kier alpha value is -6.24. The van der Waals surface area contributed by atoms with E-state index in [0.29, 0.717) is 72.8 Å². The van der Waals surface area contributed by atoms with Crippen molar-refractivity contribution in [1.29, 1.82) is 0 Å². The Bertz CT molecular complexity index is 2730. The van der Waals surface area contributed by atoms with Crippen LogP contribution in [0, 0.1) is 5.92 Å². The highest BCUT2D eigenvalue weighted by atomic mass is 32.2. The van der Waals surface area contributed by atoms with Gasteiger partial charge in [0, 0.05) is 88.0 Å². The van der Waals surface area contributed by atoms with E-state index in [9.17, 15) is 42.0 Å². The van der Waals surface area contributed by atoms with Gasteiger partial charge in [-0.1, -0.05) is 31.4 Å². The van der Waals surface area contributed by atoms with Gasteiger partial charge in [0.1, 0.15) is 17.7 Å². The van der Waals surface area contributed by atoms with E-state index < -0.39 is 62.8 Å². The molecule has 1 saturated heterocycles. The molecule has 1 saturated carbocycles. The van der Waals surface area contributed by atoms with Crippen LogP contribution in [0.25, 0.3) is 11.3 Å². The molecule has 69 heavy (non-hydrogen) atoms. The van der Waals surface area contributed by atoms with Crippen LogP contribution in [0.3, 0.4) is 0 Å². The highest BCUT2D eigenvalue weighted by Crippen LogP contribution is 2.48. The zero-order valence-corrected chi connectivity index (χ0v) is 40.9. The molecule has 3 unspecified atom stereocenters. The molecule has 5 N–H and O–H groups in total. The summed E-state index contributed by atoms with van der Waals surface area (Å²) in [6, 6.07) is 5.49. The van der Waals surface area contributed by atoms with E-state index in [2.05, 4.69) is 31.5 Å². The van der Waals surface area contributed by atoms with E-state index in [1.165, 1.54) is 4.57 Å². The average molecular weight is 969 g/mol. The summed E-state index contributed by atoms with van der Waals surface area (Å²) in [5.74, 6) is -1.81. The summed E-state index contributed by atoms with van der Waals surface area (Å²) >= 11 is 0. The standard InChI is InChI=1S/C50H64N8O10S/c1-50(2,3)68-49(65)53-22-21-52-44(60)36-24-38-41-34(26-57(38)25-29-15-16-29)40(35(28-69(5,66)67)31-19-23-56(4)48(64)42(31)43(41)54-36)46(62)51-20-10-8-6-7-9-12-30-13-11-14-32-33(30)27-58(47(32)63)37-17-18-39(59)55-45(37)61/h11,13-14,19,23,26,29,36-38,54H,6-10,12,15-18,20-22,24-25,27-28H2,1-5H3,(H,51,62)(H,52,60)(H,53,65)(H,55,59,61). The number of hydrogen-bond donors (Lipinski definition) is 5. The number of carbonyl (C=O) groups excluding carboxylic acids is 6. The van der Waals surface area contributed by atoms with Gasteiger partial charge in [0.05, 0.1) is 28.6 Å². The number of pyridine rings is 1. The number of aryl methyl sites for hydroxylation is 2. The van der Waals surface area contributed by atoms with Gasteiger partial charge in [-0.3, -0.25) is 34.1 Å². The van der Waals surface area contributed by atoms with Gasteiger partial charge in [0.25, 0.3) is 17.4 Å². The molecule has 370 valence electrons. The van der Waals surface area contributed by atoms with Crippen LogP contribution in [0.5, 0.6) is 0 Å². The van der Waals surface area contributed by atoms with Crippen molar-refractivity contribution < 1.29 is 41.9 Å². The second-order valence-corrected chi connectivity index (χ2v) is 22.3. The third kappa shape index (κ3) is 11.1. The average Bonchev–Trinajstić information content (AvgIpc) is 3.96. The number of aromatic nitrogens is 1. The maximum atomic E-state index is 14.7. The number of carbonyl (C=O) groups is 6. The molecule has 8 rings (SSSR count). The highest BCUT2D eigenvalue weighted by molar-refractivity contribution is 7.91. The monoisotopic (exact) mass is 968 g/mol. The van der Waals surface area contributed by atoms with Crippen LogP contribution in [-0.4, -0.2) is 120 Å². The second-order valence-electron chi connectivity index (χ2n) is 20.2. The van der Waals surface area contributed by atoms with Crippen LogP contribution in [0.4, 0.5) is 4.79 Å². The largest absolute Gasteiger partial charge is 0.444 e. The van der Waals surface area contributed by atoms with Gasteiger partial charge in [0.15, 0.2) is 9.84 Å². The van der Waals surface area contributed by atoms with E-state index >= 15 is 0 Å². The van der Waals surface area contributed by atoms with E-state index in [4.69, 9.17) is 4.74 Å². The van der Waals surface area contributed by atoms with Crippen molar-refractivity contribution in [3.05, 3.63) is 91.6 Å². The van der Waals surface area contributed by atoms with Crippen molar-refractivity contribution >= 4 is 56.7 Å². The number of ether oxygens (including phenoxy) is 1. The molecular formula is C50H64N8O10S.